The normalized spacial score (nSPS) is 15.9. The number of aryl methyl sites for hydroxylation is 1. The van der Waals surface area contributed by atoms with E-state index in [1.807, 2.05) is 50.8 Å². The van der Waals surface area contributed by atoms with Crippen LogP contribution in [0.25, 0.3) is 0 Å². The van der Waals surface area contributed by atoms with Crippen molar-refractivity contribution in [2.24, 2.45) is 10.7 Å². The Morgan fingerprint density at radius 2 is 1.63 bits per heavy atom. The second kappa shape index (κ2) is 11.9. The predicted octanol–water partition coefficient (Wildman–Crippen LogP) is 6.02. The zero-order chi connectivity index (χ0) is 28.1. The topological polar surface area (TPSA) is 103 Å². The minimum Gasteiger partial charge on any atom is -0.489 e. The molecule has 38 heavy (non-hydrogen) atoms. The third-order valence-corrected chi connectivity index (χ3v) is 6.05. The van der Waals surface area contributed by atoms with Gasteiger partial charge in [-0.1, -0.05) is 30.3 Å². The first kappa shape index (κ1) is 29.0. The zero-order valence-electron chi connectivity index (χ0n) is 23.7. The van der Waals surface area contributed by atoms with Crippen molar-refractivity contribution in [3.63, 3.8) is 0 Å². The number of ether oxygens (including phenoxy) is 3. The number of likely N-dealkylation sites (N-methyl/N-ethyl adjacent to an activating group) is 1. The lowest BCUT2D eigenvalue weighted by Crippen LogP contribution is -2.45. The summed E-state index contributed by atoms with van der Waals surface area (Å²) in [5.41, 5.74) is 8.91. The van der Waals surface area contributed by atoms with Crippen molar-refractivity contribution in [3.05, 3.63) is 64.7 Å². The molecular weight excluding hydrogens is 482 g/mol. The summed E-state index contributed by atoms with van der Waals surface area (Å²) in [6.45, 7) is 14.0. The molecule has 0 saturated carbocycles. The summed E-state index contributed by atoms with van der Waals surface area (Å²) < 4.78 is 16.8. The molecule has 2 aromatic rings. The van der Waals surface area contributed by atoms with Gasteiger partial charge in [-0.2, -0.15) is 4.99 Å². The fourth-order valence-corrected chi connectivity index (χ4v) is 4.31. The molecule has 8 heteroatoms. The van der Waals surface area contributed by atoms with Crippen LogP contribution in [-0.4, -0.2) is 46.7 Å². The van der Waals surface area contributed by atoms with Gasteiger partial charge in [-0.15, -0.1) is 0 Å². The van der Waals surface area contributed by atoms with Gasteiger partial charge < -0.3 is 24.8 Å². The van der Waals surface area contributed by atoms with E-state index < -0.39 is 17.3 Å². The Hall–Kier alpha value is -3.55. The van der Waals surface area contributed by atoms with Crippen LogP contribution in [0.2, 0.25) is 0 Å². The van der Waals surface area contributed by atoms with E-state index in [-0.39, 0.29) is 18.0 Å². The molecule has 0 aliphatic heterocycles. The summed E-state index contributed by atoms with van der Waals surface area (Å²) in [5, 5.41) is 0. The third-order valence-electron chi connectivity index (χ3n) is 6.05. The Morgan fingerprint density at radius 3 is 2.24 bits per heavy atom. The molecule has 2 amide bonds. The fraction of sp³-hybridized carbons (Fsp3) is 0.500. The minimum atomic E-state index is -0.714. The average Bonchev–Trinajstić information content (AvgIpc) is 2.81. The maximum absolute atomic E-state index is 12.7. The lowest BCUT2D eigenvalue weighted by Gasteiger charge is -2.35. The highest BCUT2D eigenvalue weighted by Gasteiger charge is 2.30. The minimum absolute atomic E-state index is 0.105. The number of benzene rings is 2. The summed E-state index contributed by atoms with van der Waals surface area (Å²) in [6, 6.07) is 13.7. The first-order valence-corrected chi connectivity index (χ1v) is 13.1. The summed E-state index contributed by atoms with van der Waals surface area (Å²) in [6.07, 6.45) is 1.60. The van der Waals surface area contributed by atoms with Gasteiger partial charge in [0.2, 0.25) is 0 Å². The van der Waals surface area contributed by atoms with Crippen LogP contribution in [0.15, 0.2) is 47.5 Å². The van der Waals surface area contributed by atoms with Crippen LogP contribution in [0.5, 0.6) is 5.75 Å². The molecule has 1 aliphatic rings. The van der Waals surface area contributed by atoms with Crippen LogP contribution in [-0.2, 0) is 28.9 Å². The lowest BCUT2D eigenvalue weighted by molar-refractivity contribution is 0.0159. The number of hydrogen-bond acceptors (Lipinski definition) is 5. The quantitative estimate of drug-likeness (QED) is 0.367. The van der Waals surface area contributed by atoms with Crippen LogP contribution in [0, 0.1) is 0 Å². The molecule has 0 heterocycles. The van der Waals surface area contributed by atoms with Crippen LogP contribution in [0.1, 0.15) is 77.1 Å². The zero-order valence-corrected chi connectivity index (χ0v) is 23.7. The van der Waals surface area contributed by atoms with E-state index in [0.29, 0.717) is 18.7 Å². The highest BCUT2D eigenvalue weighted by Crippen LogP contribution is 2.29. The van der Waals surface area contributed by atoms with Gasteiger partial charge in [0, 0.05) is 18.2 Å². The maximum atomic E-state index is 12.7. The average molecular weight is 524 g/mol. The molecule has 0 radical (unpaired) electrons. The Kier molecular flexibility index (Phi) is 9.07. The van der Waals surface area contributed by atoms with Crippen molar-refractivity contribution in [1.29, 1.82) is 0 Å². The summed E-state index contributed by atoms with van der Waals surface area (Å²) >= 11 is 0. The van der Waals surface area contributed by atoms with Gasteiger partial charge in [-0.05, 0) is 96.6 Å². The largest absolute Gasteiger partial charge is 0.489 e. The predicted molar refractivity (Wildman–Crippen MR) is 149 cm³/mol. The van der Waals surface area contributed by atoms with Crippen molar-refractivity contribution in [2.45, 2.75) is 91.6 Å². The van der Waals surface area contributed by atoms with E-state index >= 15 is 0 Å². The van der Waals surface area contributed by atoms with Gasteiger partial charge in [0.15, 0.2) is 0 Å². The molecule has 206 valence electrons. The number of aliphatic imine (C=N–C) groups is 1. The van der Waals surface area contributed by atoms with Crippen molar-refractivity contribution in [1.82, 2.24) is 4.90 Å². The van der Waals surface area contributed by atoms with Crippen molar-refractivity contribution in [2.75, 3.05) is 6.54 Å². The lowest BCUT2D eigenvalue weighted by atomic mass is 9.87. The van der Waals surface area contributed by atoms with Crippen LogP contribution in [0.3, 0.4) is 0 Å². The third kappa shape index (κ3) is 8.50. The van der Waals surface area contributed by atoms with E-state index in [4.69, 9.17) is 19.9 Å². The molecule has 8 nitrogen and oxygen atoms in total. The summed E-state index contributed by atoms with van der Waals surface area (Å²) in [4.78, 5) is 30.2. The number of carbonyl (C=O) groups excluding carboxylic acids is 2. The van der Waals surface area contributed by atoms with Crippen LogP contribution in [0.4, 0.5) is 9.59 Å². The summed E-state index contributed by atoms with van der Waals surface area (Å²) in [7, 11) is 0. The number of carbonyl (C=O) groups is 2. The molecule has 3 rings (SSSR count). The van der Waals surface area contributed by atoms with Crippen LogP contribution >= 0.6 is 0 Å². The molecule has 0 saturated heterocycles. The monoisotopic (exact) mass is 523 g/mol. The van der Waals surface area contributed by atoms with Gasteiger partial charge in [-0.3, -0.25) is 0 Å². The van der Waals surface area contributed by atoms with E-state index in [9.17, 15) is 9.59 Å². The SMILES string of the molecule is CCN(C(=O)OC(C)(C)C)C1CCc2cc(OCc3ccc(C(N)=NC(=O)OC(C)(C)C)cc3)ccc2C1. The van der Waals surface area contributed by atoms with E-state index in [1.165, 1.54) is 11.1 Å². The number of amidine groups is 1. The molecule has 0 bridgehead atoms. The fourth-order valence-electron chi connectivity index (χ4n) is 4.31. The second-order valence-corrected chi connectivity index (χ2v) is 11.6. The smallest absolute Gasteiger partial charge is 0.436 e. The standard InChI is InChI=1S/C30H41N3O5/c1-8-33(28(35)38-30(5,6)7)24-15-13-23-18-25(16-14-22(23)17-24)36-19-20-9-11-21(12-10-20)26(31)32-27(34)37-29(2,3)4/h9-12,14,16,18,24H,8,13,15,17,19H2,1-7H3,(H2,31,32,34). The second-order valence-electron chi connectivity index (χ2n) is 11.6. The van der Waals surface area contributed by atoms with Gasteiger partial charge >= 0.3 is 12.2 Å². The maximum Gasteiger partial charge on any atom is 0.436 e. The van der Waals surface area contributed by atoms with Gasteiger partial charge in [0.1, 0.15) is 29.4 Å². The number of nitrogens with zero attached hydrogens (tertiary/aromatic N) is 2. The summed E-state index contributed by atoms with van der Waals surface area (Å²) in [5.74, 6) is 0.907. The number of hydrogen-bond donors (Lipinski definition) is 1. The Bertz CT molecular complexity index is 1160. The molecule has 1 aliphatic carbocycles. The Balaban J connectivity index is 1.58. The first-order chi connectivity index (χ1) is 17.7. The number of fused-ring (bicyclic) bond motifs is 1. The number of amides is 2. The molecule has 2 N–H and O–H groups in total. The van der Waals surface area contributed by atoms with Crippen molar-refractivity contribution in [3.8, 4) is 5.75 Å². The molecule has 0 aromatic heterocycles. The number of rotatable bonds is 6. The van der Waals surface area contributed by atoms with E-state index in [1.54, 1.807) is 32.9 Å². The molecule has 1 atom stereocenters. The van der Waals surface area contributed by atoms with Crippen molar-refractivity contribution >= 4 is 18.0 Å². The Labute approximate surface area is 226 Å². The van der Waals surface area contributed by atoms with E-state index in [2.05, 4.69) is 17.1 Å². The van der Waals surface area contributed by atoms with E-state index in [0.717, 1.165) is 30.6 Å². The van der Waals surface area contributed by atoms with Gasteiger partial charge in [0.25, 0.3) is 0 Å². The molecular formula is C30H41N3O5. The highest BCUT2D eigenvalue weighted by molar-refractivity contribution is 6.02. The highest BCUT2D eigenvalue weighted by atomic mass is 16.6. The molecule has 1 unspecified atom stereocenters. The van der Waals surface area contributed by atoms with Gasteiger partial charge in [0.05, 0.1) is 0 Å². The number of nitrogens with two attached hydrogens (primary N) is 1. The molecule has 0 spiro atoms. The van der Waals surface area contributed by atoms with Crippen LogP contribution < -0.4 is 10.5 Å². The molecule has 0 fully saturated rings. The van der Waals surface area contributed by atoms with Crippen molar-refractivity contribution < 1.29 is 23.8 Å². The van der Waals surface area contributed by atoms with Gasteiger partial charge in [-0.25, -0.2) is 9.59 Å². The molecule has 2 aromatic carbocycles. The Morgan fingerprint density at radius 1 is 0.974 bits per heavy atom. The first-order valence-electron chi connectivity index (χ1n) is 13.1.